The topological polar surface area (TPSA) is 25.2 Å². The minimum Gasteiger partial charge on any atom is -0.388 e. The number of aryl methyl sites for hydroxylation is 2. The summed E-state index contributed by atoms with van der Waals surface area (Å²) >= 11 is 0. The highest BCUT2D eigenvalue weighted by Gasteiger charge is 2.07. The molecule has 0 fully saturated rings. The molecule has 0 aliphatic heterocycles. The molecule has 0 amide bonds. The molecule has 2 nitrogen and oxygen atoms in total. The van der Waals surface area contributed by atoms with Crippen LogP contribution in [0.5, 0.6) is 0 Å². The Bertz CT molecular complexity index is 489. The Kier molecular flexibility index (Phi) is 5.87. The first kappa shape index (κ1) is 14.9. The van der Waals surface area contributed by atoms with E-state index in [-0.39, 0.29) is 6.10 Å². The summed E-state index contributed by atoms with van der Waals surface area (Å²) in [5, 5.41) is 9.94. The molecule has 1 unspecified atom stereocenters. The van der Waals surface area contributed by atoms with E-state index in [0.717, 1.165) is 31.4 Å². The minimum absolute atomic E-state index is 0.300. The highest BCUT2D eigenvalue weighted by atomic mass is 16.3. The predicted octanol–water partition coefficient (Wildman–Crippen LogP) is 4.34. The molecular formula is C18H25NO. The average Bonchev–Trinajstić information content (AvgIpc) is 2.94. The molecule has 1 aromatic heterocycles. The summed E-state index contributed by atoms with van der Waals surface area (Å²) in [5.74, 6) is 0. The van der Waals surface area contributed by atoms with Gasteiger partial charge in [-0.15, -0.1) is 0 Å². The van der Waals surface area contributed by atoms with Gasteiger partial charge in [0, 0.05) is 18.9 Å². The third-order valence-corrected chi connectivity index (χ3v) is 3.69. The van der Waals surface area contributed by atoms with Gasteiger partial charge in [0.2, 0.25) is 0 Å². The van der Waals surface area contributed by atoms with Gasteiger partial charge in [0.05, 0.1) is 6.10 Å². The Morgan fingerprint density at radius 3 is 2.65 bits per heavy atom. The van der Waals surface area contributed by atoms with Gasteiger partial charge in [0.25, 0.3) is 0 Å². The van der Waals surface area contributed by atoms with Crippen molar-refractivity contribution in [2.45, 2.75) is 51.7 Å². The maximum atomic E-state index is 9.94. The van der Waals surface area contributed by atoms with Crippen molar-refractivity contribution in [2.75, 3.05) is 0 Å². The summed E-state index contributed by atoms with van der Waals surface area (Å²) in [5.41, 5.74) is 2.47. The highest BCUT2D eigenvalue weighted by molar-refractivity contribution is 5.15. The number of hydrogen-bond donors (Lipinski definition) is 1. The molecule has 0 aliphatic rings. The number of rotatable bonds is 8. The lowest BCUT2D eigenvalue weighted by Gasteiger charge is -2.07. The summed E-state index contributed by atoms with van der Waals surface area (Å²) in [6, 6.07) is 12.7. The predicted molar refractivity (Wildman–Crippen MR) is 83.7 cm³/mol. The second-order valence-electron chi connectivity index (χ2n) is 5.43. The number of benzene rings is 1. The number of aromatic nitrogens is 1. The molecule has 2 rings (SSSR count). The quantitative estimate of drug-likeness (QED) is 0.710. The Hall–Kier alpha value is -1.54. The van der Waals surface area contributed by atoms with E-state index in [1.165, 1.54) is 18.4 Å². The molecule has 0 spiro atoms. The summed E-state index contributed by atoms with van der Waals surface area (Å²) in [6.45, 7) is 3.13. The lowest BCUT2D eigenvalue weighted by Crippen LogP contribution is -1.97. The van der Waals surface area contributed by atoms with Crippen molar-refractivity contribution in [1.82, 2.24) is 4.57 Å². The van der Waals surface area contributed by atoms with Crippen LogP contribution in [0.25, 0.3) is 0 Å². The fourth-order valence-corrected chi connectivity index (χ4v) is 2.50. The zero-order valence-electron chi connectivity index (χ0n) is 12.3. The maximum Gasteiger partial charge on any atom is 0.0804 e. The average molecular weight is 271 g/mol. The maximum absolute atomic E-state index is 9.94. The SMILES string of the molecule is CCCC(O)c1ccn(CCCCc2ccccc2)c1. The van der Waals surface area contributed by atoms with Crippen LogP contribution in [0.4, 0.5) is 0 Å². The summed E-state index contributed by atoms with van der Waals surface area (Å²) < 4.78 is 2.19. The van der Waals surface area contributed by atoms with Crippen molar-refractivity contribution >= 4 is 0 Å². The second kappa shape index (κ2) is 7.91. The third kappa shape index (κ3) is 4.53. The van der Waals surface area contributed by atoms with Crippen molar-refractivity contribution in [3.63, 3.8) is 0 Å². The van der Waals surface area contributed by atoms with E-state index in [2.05, 4.69) is 54.2 Å². The van der Waals surface area contributed by atoms with Gasteiger partial charge < -0.3 is 9.67 Å². The zero-order chi connectivity index (χ0) is 14.2. The van der Waals surface area contributed by atoms with E-state index in [9.17, 15) is 5.11 Å². The van der Waals surface area contributed by atoms with Crippen molar-refractivity contribution in [2.24, 2.45) is 0 Å². The molecule has 0 saturated heterocycles. The first-order valence-corrected chi connectivity index (χ1v) is 7.67. The molecule has 20 heavy (non-hydrogen) atoms. The largest absolute Gasteiger partial charge is 0.388 e. The second-order valence-corrected chi connectivity index (χ2v) is 5.43. The van der Waals surface area contributed by atoms with Gasteiger partial charge in [-0.3, -0.25) is 0 Å². The van der Waals surface area contributed by atoms with Crippen LogP contribution in [-0.2, 0) is 13.0 Å². The van der Waals surface area contributed by atoms with Crippen LogP contribution in [-0.4, -0.2) is 9.67 Å². The molecule has 0 radical (unpaired) electrons. The molecule has 2 aromatic rings. The number of aliphatic hydroxyl groups is 1. The molecule has 1 heterocycles. The van der Waals surface area contributed by atoms with Crippen molar-refractivity contribution < 1.29 is 5.11 Å². The van der Waals surface area contributed by atoms with Crippen LogP contribution < -0.4 is 0 Å². The Labute approximate surface area is 122 Å². The van der Waals surface area contributed by atoms with Crippen LogP contribution in [0.15, 0.2) is 48.8 Å². The normalized spacial score (nSPS) is 12.5. The molecule has 1 N–H and O–H groups in total. The molecule has 0 aliphatic carbocycles. The molecule has 1 atom stereocenters. The van der Waals surface area contributed by atoms with E-state index in [4.69, 9.17) is 0 Å². The first-order chi connectivity index (χ1) is 9.79. The van der Waals surface area contributed by atoms with Crippen molar-refractivity contribution in [3.05, 3.63) is 59.9 Å². The standard InChI is InChI=1S/C18H25NO/c1-2-8-18(20)17-12-14-19(15-17)13-7-6-11-16-9-4-3-5-10-16/h3-5,9-10,12,14-15,18,20H,2,6-8,11,13H2,1H3. The first-order valence-electron chi connectivity index (χ1n) is 7.67. The Morgan fingerprint density at radius 1 is 1.10 bits per heavy atom. The highest BCUT2D eigenvalue weighted by Crippen LogP contribution is 2.18. The number of hydrogen-bond acceptors (Lipinski definition) is 1. The van der Waals surface area contributed by atoms with E-state index >= 15 is 0 Å². The van der Waals surface area contributed by atoms with Gasteiger partial charge in [-0.25, -0.2) is 0 Å². The van der Waals surface area contributed by atoms with Gasteiger partial charge in [-0.05, 0) is 42.9 Å². The molecule has 0 bridgehead atoms. The minimum atomic E-state index is -0.300. The molecule has 108 valence electrons. The van der Waals surface area contributed by atoms with Gasteiger partial charge in [-0.1, -0.05) is 43.7 Å². The number of aliphatic hydroxyl groups excluding tert-OH is 1. The van der Waals surface area contributed by atoms with Crippen molar-refractivity contribution in [3.8, 4) is 0 Å². The molecule has 2 heteroatoms. The molecule has 0 saturated carbocycles. The fraction of sp³-hybridized carbons (Fsp3) is 0.444. The summed E-state index contributed by atoms with van der Waals surface area (Å²) in [7, 11) is 0. The van der Waals surface area contributed by atoms with E-state index < -0.39 is 0 Å². The monoisotopic (exact) mass is 271 g/mol. The number of nitrogens with zero attached hydrogens (tertiary/aromatic N) is 1. The van der Waals surface area contributed by atoms with E-state index in [0.29, 0.717) is 0 Å². The third-order valence-electron chi connectivity index (χ3n) is 3.69. The van der Waals surface area contributed by atoms with Crippen LogP contribution in [0.1, 0.15) is 49.8 Å². The van der Waals surface area contributed by atoms with Gasteiger partial charge in [0.15, 0.2) is 0 Å². The Balaban J connectivity index is 1.72. The summed E-state index contributed by atoms with van der Waals surface area (Å²) in [4.78, 5) is 0. The van der Waals surface area contributed by atoms with Crippen molar-refractivity contribution in [1.29, 1.82) is 0 Å². The molecule has 1 aromatic carbocycles. The van der Waals surface area contributed by atoms with Crippen LogP contribution in [0.3, 0.4) is 0 Å². The van der Waals surface area contributed by atoms with Gasteiger partial charge in [-0.2, -0.15) is 0 Å². The van der Waals surface area contributed by atoms with E-state index in [1.807, 2.05) is 6.07 Å². The lowest BCUT2D eigenvalue weighted by molar-refractivity contribution is 0.166. The zero-order valence-corrected chi connectivity index (χ0v) is 12.3. The Morgan fingerprint density at radius 2 is 1.90 bits per heavy atom. The van der Waals surface area contributed by atoms with E-state index in [1.54, 1.807) is 0 Å². The smallest absolute Gasteiger partial charge is 0.0804 e. The lowest BCUT2D eigenvalue weighted by atomic mass is 10.1. The van der Waals surface area contributed by atoms with Gasteiger partial charge >= 0.3 is 0 Å². The fourth-order valence-electron chi connectivity index (χ4n) is 2.50. The number of unbranched alkanes of at least 4 members (excludes halogenated alkanes) is 1. The van der Waals surface area contributed by atoms with Crippen LogP contribution in [0, 0.1) is 0 Å². The van der Waals surface area contributed by atoms with Crippen LogP contribution >= 0.6 is 0 Å². The van der Waals surface area contributed by atoms with Crippen LogP contribution in [0.2, 0.25) is 0 Å². The molecular weight excluding hydrogens is 246 g/mol. The summed E-state index contributed by atoms with van der Waals surface area (Å²) in [6.07, 6.45) is 9.25. The van der Waals surface area contributed by atoms with Gasteiger partial charge in [0.1, 0.15) is 0 Å².